The molecule has 5 rings (SSSR count). The number of piperazine rings is 1. The third kappa shape index (κ3) is 4.88. The molecule has 1 amide bonds. The molecule has 2 fully saturated rings. The largest absolute Gasteiger partial charge is 0.497 e. The van der Waals surface area contributed by atoms with Gasteiger partial charge in [0.2, 0.25) is 5.91 Å². The number of anilines is 2. The average Bonchev–Trinajstić information content (AvgIpc) is 2.88. The van der Waals surface area contributed by atoms with Crippen molar-refractivity contribution in [3.63, 3.8) is 0 Å². The van der Waals surface area contributed by atoms with Crippen LogP contribution in [0.2, 0.25) is 0 Å². The number of fused-ring (bicyclic) bond motifs is 3. The summed E-state index contributed by atoms with van der Waals surface area (Å²) in [6.07, 6.45) is 4.67. The molecular formula is C28H38N4O2. The number of ether oxygens (including phenoxy) is 1. The Bertz CT molecular complexity index is 986. The molecule has 2 aromatic rings. The molecule has 0 aliphatic carbocycles. The van der Waals surface area contributed by atoms with Gasteiger partial charge in [-0.25, -0.2) is 0 Å². The summed E-state index contributed by atoms with van der Waals surface area (Å²) < 4.78 is 5.53. The lowest BCUT2D eigenvalue weighted by molar-refractivity contribution is -0.125. The SMILES string of the molecule is COc1ccc2c(c1)N1CCN(c3ccc(C)cc3)C[C@@H]1[C@@H](C(=O)NCCN1CCCCC1)C2. The summed E-state index contributed by atoms with van der Waals surface area (Å²) in [5, 5.41) is 3.30. The fraction of sp³-hybridized carbons (Fsp3) is 0.536. The first-order valence-electron chi connectivity index (χ1n) is 12.9. The number of methoxy groups -OCH3 is 1. The van der Waals surface area contributed by atoms with Gasteiger partial charge in [0.25, 0.3) is 0 Å². The highest BCUT2D eigenvalue weighted by molar-refractivity contribution is 5.82. The average molecular weight is 463 g/mol. The van der Waals surface area contributed by atoms with Crippen LogP contribution in [0.25, 0.3) is 0 Å². The fourth-order valence-corrected chi connectivity index (χ4v) is 5.85. The molecule has 34 heavy (non-hydrogen) atoms. The molecule has 3 heterocycles. The van der Waals surface area contributed by atoms with E-state index >= 15 is 0 Å². The Labute approximate surface area is 203 Å². The molecule has 1 N–H and O–H groups in total. The first-order valence-corrected chi connectivity index (χ1v) is 12.9. The number of piperidine rings is 1. The molecule has 6 heteroatoms. The summed E-state index contributed by atoms with van der Waals surface area (Å²) >= 11 is 0. The molecule has 0 bridgehead atoms. The Balaban J connectivity index is 1.34. The predicted molar refractivity (Wildman–Crippen MR) is 138 cm³/mol. The van der Waals surface area contributed by atoms with Gasteiger partial charge in [-0.15, -0.1) is 0 Å². The summed E-state index contributed by atoms with van der Waals surface area (Å²) in [5.41, 5.74) is 4.99. The molecule has 0 radical (unpaired) electrons. The predicted octanol–water partition coefficient (Wildman–Crippen LogP) is 3.47. The van der Waals surface area contributed by atoms with Crippen molar-refractivity contribution in [3.8, 4) is 5.75 Å². The molecule has 3 aliphatic heterocycles. The molecule has 0 aromatic heterocycles. The number of amides is 1. The maximum absolute atomic E-state index is 13.5. The second-order valence-corrected chi connectivity index (χ2v) is 10.0. The van der Waals surface area contributed by atoms with Crippen LogP contribution >= 0.6 is 0 Å². The zero-order valence-corrected chi connectivity index (χ0v) is 20.6. The molecule has 2 atom stereocenters. The van der Waals surface area contributed by atoms with E-state index in [1.165, 1.54) is 41.8 Å². The van der Waals surface area contributed by atoms with Crippen molar-refractivity contribution < 1.29 is 9.53 Å². The second kappa shape index (κ2) is 10.3. The highest BCUT2D eigenvalue weighted by Crippen LogP contribution is 2.39. The van der Waals surface area contributed by atoms with Crippen LogP contribution in [0.5, 0.6) is 5.75 Å². The third-order valence-corrected chi connectivity index (χ3v) is 7.84. The van der Waals surface area contributed by atoms with E-state index in [0.717, 1.165) is 58.0 Å². The number of aryl methyl sites for hydroxylation is 1. The molecule has 0 spiro atoms. The van der Waals surface area contributed by atoms with Gasteiger partial charge in [0.15, 0.2) is 0 Å². The summed E-state index contributed by atoms with van der Waals surface area (Å²) in [6, 6.07) is 15.2. The first-order chi connectivity index (χ1) is 16.6. The number of nitrogens with one attached hydrogen (secondary N) is 1. The topological polar surface area (TPSA) is 48.1 Å². The van der Waals surface area contributed by atoms with Gasteiger partial charge >= 0.3 is 0 Å². The van der Waals surface area contributed by atoms with E-state index in [-0.39, 0.29) is 17.9 Å². The monoisotopic (exact) mass is 462 g/mol. The van der Waals surface area contributed by atoms with Crippen molar-refractivity contribution in [2.24, 2.45) is 5.92 Å². The summed E-state index contributed by atoms with van der Waals surface area (Å²) in [4.78, 5) is 20.9. The maximum atomic E-state index is 13.5. The Kier molecular flexibility index (Phi) is 6.95. The highest BCUT2D eigenvalue weighted by atomic mass is 16.5. The fourth-order valence-electron chi connectivity index (χ4n) is 5.85. The van der Waals surface area contributed by atoms with Crippen molar-refractivity contribution in [1.29, 1.82) is 0 Å². The third-order valence-electron chi connectivity index (χ3n) is 7.84. The number of hydrogen-bond donors (Lipinski definition) is 1. The van der Waals surface area contributed by atoms with E-state index in [2.05, 4.69) is 63.3 Å². The van der Waals surface area contributed by atoms with Crippen molar-refractivity contribution >= 4 is 17.3 Å². The molecule has 0 unspecified atom stereocenters. The lowest BCUT2D eigenvalue weighted by Gasteiger charge is -2.49. The Morgan fingerprint density at radius 3 is 2.59 bits per heavy atom. The zero-order valence-electron chi connectivity index (χ0n) is 20.6. The number of likely N-dealkylation sites (tertiary alicyclic amines) is 1. The minimum Gasteiger partial charge on any atom is -0.497 e. The van der Waals surface area contributed by atoms with Gasteiger partial charge in [-0.2, -0.15) is 0 Å². The zero-order chi connectivity index (χ0) is 23.5. The van der Waals surface area contributed by atoms with Crippen LogP contribution in [-0.2, 0) is 11.2 Å². The van der Waals surface area contributed by atoms with Crippen LogP contribution in [0.3, 0.4) is 0 Å². The molecule has 6 nitrogen and oxygen atoms in total. The van der Waals surface area contributed by atoms with Gasteiger partial charge in [-0.3, -0.25) is 4.79 Å². The van der Waals surface area contributed by atoms with E-state index in [1.54, 1.807) is 7.11 Å². The summed E-state index contributed by atoms with van der Waals surface area (Å²) in [5.74, 6) is 1.01. The number of carbonyl (C=O) groups is 1. The van der Waals surface area contributed by atoms with Crippen LogP contribution in [0.4, 0.5) is 11.4 Å². The standard InChI is InChI=1S/C28H38N4O2/c1-21-6-9-23(10-7-21)31-16-17-32-26-19-24(34-2)11-8-22(26)18-25(27(32)20-31)28(33)29-12-15-30-13-4-3-5-14-30/h6-11,19,25,27H,3-5,12-18,20H2,1-2H3,(H,29,33)/t25-,27+/m0/s1. The van der Waals surface area contributed by atoms with Crippen LogP contribution in [0.15, 0.2) is 42.5 Å². The second-order valence-electron chi connectivity index (χ2n) is 10.0. The number of hydrogen-bond acceptors (Lipinski definition) is 5. The Morgan fingerprint density at radius 2 is 1.82 bits per heavy atom. The number of benzene rings is 2. The number of carbonyl (C=O) groups excluding carboxylic acids is 1. The van der Waals surface area contributed by atoms with Crippen molar-refractivity contribution in [3.05, 3.63) is 53.6 Å². The summed E-state index contributed by atoms with van der Waals surface area (Å²) in [6.45, 7) is 8.83. The van der Waals surface area contributed by atoms with E-state index in [4.69, 9.17) is 4.74 Å². The molecule has 182 valence electrons. The van der Waals surface area contributed by atoms with Crippen molar-refractivity contribution in [2.45, 2.75) is 38.6 Å². The Morgan fingerprint density at radius 1 is 1.03 bits per heavy atom. The van der Waals surface area contributed by atoms with E-state index < -0.39 is 0 Å². The molecule has 0 saturated carbocycles. The lowest BCUT2D eigenvalue weighted by Crippen LogP contribution is -2.61. The van der Waals surface area contributed by atoms with Gasteiger partial charge < -0.3 is 24.8 Å². The van der Waals surface area contributed by atoms with Gasteiger partial charge in [-0.1, -0.05) is 30.2 Å². The smallest absolute Gasteiger partial charge is 0.225 e. The normalized spacial score (nSPS) is 22.6. The van der Waals surface area contributed by atoms with Crippen molar-refractivity contribution in [2.75, 3.05) is 62.7 Å². The number of nitrogens with zero attached hydrogens (tertiary/aromatic N) is 3. The quantitative estimate of drug-likeness (QED) is 0.712. The lowest BCUT2D eigenvalue weighted by atomic mass is 9.83. The van der Waals surface area contributed by atoms with Gasteiger partial charge in [-0.05, 0) is 63.0 Å². The van der Waals surface area contributed by atoms with E-state index in [1.807, 2.05) is 6.07 Å². The van der Waals surface area contributed by atoms with Gasteiger partial charge in [0, 0.05) is 50.2 Å². The minimum atomic E-state index is -0.0597. The van der Waals surface area contributed by atoms with Crippen LogP contribution < -0.4 is 19.9 Å². The number of rotatable bonds is 6. The van der Waals surface area contributed by atoms with Crippen LogP contribution in [-0.4, -0.2) is 69.8 Å². The molecule has 3 aliphatic rings. The van der Waals surface area contributed by atoms with E-state index in [0.29, 0.717) is 0 Å². The van der Waals surface area contributed by atoms with Gasteiger partial charge in [0.05, 0.1) is 19.1 Å². The minimum absolute atomic E-state index is 0.0597. The van der Waals surface area contributed by atoms with Crippen molar-refractivity contribution in [1.82, 2.24) is 10.2 Å². The highest BCUT2D eigenvalue weighted by Gasteiger charge is 2.41. The van der Waals surface area contributed by atoms with Gasteiger partial charge in [0.1, 0.15) is 5.75 Å². The van der Waals surface area contributed by atoms with E-state index in [9.17, 15) is 4.79 Å². The molecular weight excluding hydrogens is 424 g/mol. The maximum Gasteiger partial charge on any atom is 0.225 e. The first kappa shape index (κ1) is 23.0. The van der Waals surface area contributed by atoms with Crippen LogP contribution in [0.1, 0.15) is 30.4 Å². The Hall–Kier alpha value is -2.73. The molecule has 2 saturated heterocycles. The van der Waals surface area contributed by atoms with Crippen LogP contribution in [0, 0.1) is 12.8 Å². The summed E-state index contributed by atoms with van der Waals surface area (Å²) in [7, 11) is 1.72. The molecule has 2 aromatic carbocycles.